The zero-order valence-electron chi connectivity index (χ0n) is 9.59. The molecule has 0 radical (unpaired) electrons. The van der Waals surface area contributed by atoms with Crippen LogP contribution in [0.4, 0.5) is 0 Å². The van der Waals surface area contributed by atoms with Crippen molar-refractivity contribution < 1.29 is 4.79 Å². The van der Waals surface area contributed by atoms with Crippen molar-refractivity contribution in [2.45, 2.75) is 44.4 Å². The quantitative estimate of drug-likeness (QED) is 0.708. The maximum atomic E-state index is 11.4. The Kier molecular flexibility index (Phi) is 6.20. The Morgan fingerprint density at radius 1 is 1.57 bits per heavy atom. The Bertz CT molecular complexity index is 183. The number of hydrogen-bond acceptors (Lipinski definition) is 3. The molecule has 1 amide bonds. The molecule has 0 rings (SSSR count). The molecule has 0 aliphatic rings. The molecule has 0 saturated heterocycles. The van der Waals surface area contributed by atoms with E-state index in [9.17, 15) is 4.79 Å². The first-order valence-electron chi connectivity index (χ1n) is 4.98. The second-order valence-electron chi connectivity index (χ2n) is 4.11. The van der Waals surface area contributed by atoms with Crippen molar-refractivity contribution in [3.63, 3.8) is 0 Å². The highest BCUT2D eigenvalue weighted by atomic mass is 32.2. The lowest BCUT2D eigenvalue weighted by Gasteiger charge is -2.22. The molecule has 1 unspecified atom stereocenters. The van der Waals surface area contributed by atoms with Crippen molar-refractivity contribution >= 4 is 17.7 Å². The molecule has 0 aromatic rings. The van der Waals surface area contributed by atoms with Crippen LogP contribution in [0.25, 0.3) is 0 Å². The summed E-state index contributed by atoms with van der Waals surface area (Å²) in [5, 5.41) is 2.90. The van der Waals surface area contributed by atoms with Crippen LogP contribution in [0, 0.1) is 0 Å². The van der Waals surface area contributed by atoms with Crippen LogP contribution in [0.5, 0.6) is 0 Å². The fraction of sp³-hybridized carbons (Fsp3) is 0.900. The van der Waals surface area contributed by atoms with Gasteiger partial charge in [0.15, 0.2) is 0 Å². The Labute approximate surface area is 91.2 Å². The molecule has 0 fully saturated rings. The van der Waals surface area contributed by atoms with E-state index in [1.165, 1.54) is 0 Å². The van der Waals surface area contributed by atoms with Crippen LogP contribution in [-0.4, -0.2) is 29.5 Å². The van der Waals surface area contributed by atoms with Gasteiger partial charge in [0.2, 0.25) is 5.91 Å². The number of carbonyl (C=O) groups excluding carboxylic acids is 1. The van der Waals surface area contributed by atoms with Gasteiger partial charge in [-0.25, -0.2) is 0 Å². The van der Waals surface area contributed by atoms with Gasteiger partial charge in [-0.15, -0.1) is 0 Å². The van der Waals surface area contributed by atoms with Crippen molar-refractivity contribution in [1.29, 1.82) is 0 Å². The number of rotatable bonds is 6. The molecule has 0 spiro atoms. The van der Waals surface area contributed by atoms with E-state index >= 15 is 0 Å². The van der Waals surface area contributed by atoms with Gasteiger partial charge in [-0.1, -0.05) is 6.92 Å². The number of nitrogens with two attached hydrogens (primary N) is 1. The van der Waals surface area contributed by atoms with Gasteiger partial charge >= 0.3 is 0 Å². The summed E-state index contributed by atoms with van der Waals surface area (Å²) >= 11 is 1.75. The van der Waals surface area contributed by atoms with E-state index in [1.807, 2.05) is 13.2 Å². The summed E-state index contributed by atoms with van der Waals surface area (Å²) in [6.07, 6.45) is 3.32. The molecule has 0 heterocycles. The highest BCUT2D eigenvalue weighted by Crippen LogP contribution is 2.19. The summed E-state index contributed by atoms with van der Waals surface area (Å²) < 4.78 is 0.103. The van der Waals surface area contributed by atoms with Crippen molar-refractivity contribution in [2.75, 3.05) is 12.8 Å². The topological polar surface area (TPSA) is 55.1 Å². The average Bonchev–Trinajstić information content (AvgIpc) is 2.15. The largest absolute Gasteiger partial charge is 0.355 e. The first-order chi connectivity index (χ1) is 6.41. The monoisotopic (exact) mass is 218 g/mol. The van der Waals surface area contributed by atoms with Crippen LogP contribution < -0.4 is 11.1 Å². The van der Waals surface area contributed by atoms with E-state index in [2.05, 4.69) is 19.2 Å². The molecule has 4 heteroatoms. The molecule has 1 atom stereocenters. The highest BCUT2D eigenvalue weighted by molar-refractivity contribution is 7.99. The summed E-state index contributed by atoms with van der Waals surface area (Å²) in [4.78, 5) is 11.4. The van der Waals surface area contributed by atoms with E-state index in [0.29, 0.717) is 13.0 Å². The van der Waals surface area contributed by atoms with Crippen molar-refractivity contribution in [1.82, 2.24) is 5.32 Å². The molecule has 84 valence electrons. The Balaban J connectivity index is 3.74. The van der Waals surface area contributed by atoms with Crippen LogP contribution in [0.1, 0.15) is 33.6 Å². The van der Waals surface area contributed by atoms with Gasteiger partial charge in [0.05, 0.1) is 0 Å². The maximum absolute atomic E-state index is 11.4. The van der Waals surface area contributed by atoms with Crippen LogP contribution in [0.15, 0.2) is 0 Å². The van der Waals surface area contributed by atoms with Crippen LogP contribution in [0.2, 0.25) is 0 Å². The van der Waals surface area contributed by atoms with Gasteiger partial charge in [-0.2, -0.15) is 11.8 Å². The lowest BCUT2D eigenvalue weighted by atomic mass is 10.1. The third kappa shape index (κ3) is 6.27. The molecular weight excluding hydrogens is 196 g/mol. The van der Waals surface area contributed by atoms with Gasteiger partial charge < -0.3 is 11.1 Å². The predicted molar refractivity (Wildman–Crippen MR) is 63.5 cm³/mol. The van der Waals surface area contributed by atoms with Gasteiger partial charge in [0.1, 0.15) is 0 Å². The number of hydrogen-bond donors (Lipinski definition) is 2. The van der Waals surface area contributed by atoms with Crippen LogP contribution >= 0.6 is 11.8 Å². The Morgan fingerprint density at radius 3 is 2.57 bits per heavy atom. The third-order valence-electron chi connectivity index (χ3n) is 2.24. The van der Waals surface area contributed by atoms with E-state index < -0.39 is 0 Å². The molecular formula is C10H22N2OS. The first-order valence-corrected chi connectivity index (χ1v) is 6.21. The van der Waals surface area contributed by atoms with Crippen LogP contribution in [0.3, 0.4) is 0 Å². The minimum atomic E-state index is -0.00704. The van der Waals surface area contributed by atoms with Crippen molar-refractivity contribution in [3.8, 4) is 0 Å². The molecule has 0 aliphatic heterocycles. The zero-order valence-corrected chi connectivity index (χ0v) is 10.4. The van der Waals surface area contributed by atoms with Gasteiger partial charge in [0.25, 0.3) is 0 Å². The summed E-state index contributed by atoms with van der Waals surface area (Å²) in [7, 11) is 0. The molecule has 3 nitrogen and oxygen atoms in total. The molecule has 0 aromatic carbocycles. The van der Waals surface area contributed by atoms with Gasteiger partial charge in [-0.3, -0.25) is 4.79 Å². The third-order valence-corrected chi connectivity index (χ3v) is 3.49. The van der Waals surface area contributed by atoms with Gasteiger partial charge in [0, 0.05) is 23.8 Å². The zero-order chi connectivity index (χ0) is 11.2. The second-order valence-corrected chi connectivity index (χ2v) is 5.63. The summed E-state index contributed by atoms with van der Waals surface area (Å²) in [6.45, 7) is 6.91. The fourth-order valence-electron chi connectivity index (χ4n) is 0.838. The number of carbonyl (C=O) groups is 1. The molecule has 0 bridgehead atoms. The van der Waals surface area contributed by atoms with E-state index in [1.54, 1.807) is 11.8 Å². The number of amides is 1. The summed E-state index contributed by atoms with van der Waals surface area (Å²) in [6, 6.07) is -0.00704. The van der Waals surface area contributed by atoms with E-state index in [0.717, 1.165) is 6.42 Å². The lowest BCUT2D eigenvalue weighted by molar-refractivity contribution is -0.121. The van der Waals surface area contributed by atoms with E-state index in [-0.39, 0.29) is 16.7 Å². The molecule has 3 N–H and O–H groups in total. The lowest BCUT2D eigenvalue weighted by Crippen LogP contribution is -2.38. The van der Waals surface area contributed by atoms with Crippen molar-refractivity contribution in [2.24, 2.45) is 5.73 Å². The minimum Gasteiger partial charge on any atom is -0.355 e. The minimum absolute atomic E-state index is 0.00704. The standard InChI is InChI=1S/C10H22N2OS/c1-5-8(11)6-9(13)12-7-10(2,3)14-4/h8H,5-7,11H2,1-4H3,(H,12,13). The average molecular weight is 218 g/mol. The Morgan fingerprint density at radius 2 is 2.14 bits per heavy atom. The first kappa shape index (κ1) is 13.8. The summed E-state index contributed by atoms with van der Waals surface area (Å²) in [5.74, 6) is 0.0569. The number of nitrogens with one attached hydrogen (secondary N) is 1. The second kappa shape index (κ2) is 6.30. The molecule has 14 heavy (non-hydrogen) atoms. The van der Waals surface area contributed by atoms with Crippen molar-refractivity contribution in [3.05, 3.63) is 0 Å². The summed E-state index contributed by atoms with van der Waals surface area (Å²) in [5.41, 5.74) is 5.68. The molecule has 0 saturated carbocycles. The van der Waals surface area contributed by atoms with Crippen LogP contribution in [-0.2, 0) is 4.79 Å². The van der Waals surface area contributed by atoms with E-state index in [4.69, 9.17) is 5.73 Å². The fourth-order valence-corrected chi connectivity index (χ4v) is 1.05. The Hall–Kier alpha value is -0.220. The smallest absolute Gasteiger partial charge is 0.221 e. The predicted octanol–water partition coefficient (Wildman–Crippen LogP) is 1.37. The number of thioether (sulfide) groups is 1. The molecule has 0 aromatic heterocycles. The van der Waals surface area contributed by atoms with Gasteiger partial charge in [-0.05, 0) is 26.5 Å². The SMILES string of the molecule is CCC(N)CC(=O)NCC(C)(C)SC. The highest BCUT2D eigenvalue weighted by Gasteiger charge is 2.17. The molecule has 0 aliphatic carbocycles. The normalized spacial score (nSPS) is 13.8. The maximum Gasteiger partial charge on any atom is 0.221 e.